The standard InChI is InChI=1S/C36H51N5O8S2/c1-36(2,3)49-35(42)37-19-14-24-48-39-34-29-17-15-27(50(44,45)40-20-10-6-4-7-11-21-40)25-31(29)33(38-43)32-26-28(16-18-30(32)34)51(46,47)41-22-12-8-5-9-13-23-41/h15-18,25-26,43H,4-14,19-24H2,1-3H3,(H,37,42). The molecule has 0 radical (unpaired) electrons. The normalized spacial score (nSPS) is 18.3. The van der Waals surface area contributed by atoms with Crippen LogP contribution in [0.4, 0.5) is 4.79 Å². The first-order valence-corrected chi connectivity index (χ1v) is 20.9. The van der Waals surface area contributed by atoms with Gasteiger partial charge in [0.1, 0.15) is 23.6 Å². The largest absolute Gasteiger partial charge is 0.444 e. The summed E-state index contributed by atoms with van der Waals surface area (Å²) in [6, 6.07) is 9.24. The molecule has 13 nitrogen and oxygen atoms in total. The summed E-state index contributed by atoms with van der Waals surface area (Å²) in [7, 11) is -7.76. The van der Waals surface area contributed by atoms with Gasteiger partial charge in [-0.25, -0.2) is 21.6 Å². The van der Waals surface area contributed by atoms with Gasteiger partial charge >= 0.3 is 6.09 Å². The average Bonchev–Trinajstić information content (AvgIpc) is 3.04. The Morgan fingerprint density at radius 2 is 1.18 bits per heavy atom. The fourth-order valence-corrected chi connectivity index (χ4v) is 9.72. The number of carbonyl (C=O) groups excluding carboxylic acids is 1. The van der Waals surface area contributed by atoms with Crippen LogP contribution in [0.2, 0.25) is 0 Å². The summed E-state index contributed by atoms with van der Waals surface area (Å²) in [6.45, 7) is 7.44. The highest BCUT2D eigenvalue weighted by Crippen LogP contribution is 2.34. The lowest BCUT2D eigenvalue weighted by molar-refractivity contribution is 0.0520. The van der Waals surface area contributed by atoms with Crippen molar-refractivity contribution in [3.63, 3.8) is 0 Å². The minimum atomic E-state index is -3.88. The fraction of sp³-hybridized carbons (Fsp3) is 0.583. The lowest BCUT2D eigenvalue weighted by Gasteiger charge is -2.27. The number of sulfonamides is 2. The van der Waals surface area contributed by atoms with Crippen molar-refractivity contribution in [2.24, 2.45) is 10.3 Å². The molecule has 2 aromatic carbocycles. The topological polar surface area (TPSA) is 167 Å². The Hall–Kier alpha value is -3.53. The number of carbonyl (C=O) groups is 1. The first kappa shape index (κ1) is 38.7. The molecule has 0 atom stereocenters. The van der Waals surface area contributed by atoms with Crippen molar-refractivity contribution in [1.82, 2.24) is 13.9 Å². The van der Waals surface area contributed by atoms with Crippen LogP contribution in [0.5, 0.6) is 0 Å². The number of nitrogens with one attached hydrogen (secondary N) is 1. The second-order valence-corrected chi connectivity index (χ2v) is 18.1. The molecule has 15 heteroatoms. The molecule has 2 aromatic rings. The molecule has 2 saturated heterocycles. The van der Waals surface area contributed by atoms with Crippen LogP contribution < -0.4 is 5.32 Å². The van der Waals surface area contributed by atoms with Crippen molar-refractivity contribution in [3.8, 4) is 0 Å². The molecule has 2 aliphatic heterocycles. The maximum absolute atomic E-state index is 13.9. The van der Waals surface area contributed by atoms with E-state index in [4.69, 9.17) is 9.57 Å². The summed E-state index contributed by atoms with van der Waals surface area (Å²) in [5.74, 6) is 0. The van der Waals surface area contributed by atoms with E-state index in [0.29, 0.717) is 49.4 Å². The zero-order valence-electron chi connectivity index (χ0n) is 29.9. The maximum atomic E-state index is 13.9. The van der Waals surface area contributed by atoms with Gasteiger partial charge in [0.2, 0.25) is 20.0 Å². The number of alkyl carbamates (subject to hydrolysis) is 1. The van der Waals surface area contributed by atoms with E-state index in [-0.39, 0.29) is 39.8 Å². The Morgan fingerprint density at radius 3 is 1.61 bits per heavy atom. The van der Waals surface area contributed by atoms with Gasteiger partial charge in [-0.2, -0.15) is 8.61 Å². The summed E-state index contributed by atoms with van der Waals surface area (Å²) in [5.41, 5.74) is 1.25. The third-order valence-corrected chi connectivity index (χ3v) is 13.0. The summed E-state index contributed by atoms with van der Waals surface area (Å²) < 4.78 is 63.9. The molecule has 0 aromatic heterocycles. The van der Waals surface area contributed by atoms with Gasteiger partial charge in [-0.3, -0.25) is 0 Å². The molecule has 5 rings (SSSR count). The van der Waals surface area contributed by atoms with Crippen LogP contribution in [-0.4, -0.2) is 93.1 Å². The minimum absolute atomic E-state index is 0.0370. The predicted octanol–water partition coefficient (Wildman–Crippen LogP) is 5.82. The maximum Gasteiger partial charge on any atom is 0.407 e. The van der Waals surface area contributed by atoms with E-state index in [1.165, 1.54) is 32.9 Å². The monoisotopic (exact) mass is 745 g/mol. The molecule has 280 valence electrons. The highest BCUT2D eigenvalue weighted by Gasteiger charge is 2.34. The van der Waals surface area contributed by atoms with Crippen molar-refractivity contribution in [2.75, 3.05) is 39.3 Å². The molecule has 0 spiro atoms. The van der Waals surface area contributed by atoms with Gasteiger partial charge in [0.15, 0.2) is 0 Å². The number of rotatable bonds is 9. The number of oxime groups is 2. The third kappa shape index (κ3) is 9.48. The summed E-state index contributed by atoms with van der Waals surface area (Å²) in [4.78, 5) is 17.8. The van der Waals surface area contributed by atoms with Crippen molar-refractivity contribution < 1.29 is 36.4 Å². The van der Waals surface area contributed by atoms with Crippen molar-refractivity contribution in [3.05, 3.63) is 58.7 Å². The van der Waals surface area contributed by atoms with Gasteiger partial charge in [-0.1, -0.05) is 61.0 Å². The quantitative estimate of drug-likeness (QED) is 0.157. The number of hydrogen-bond donors (Lipinski definition) is 2. The van der Waals surface area contributed by atoms with E-state index in [1.807, 2.05) is 0 Å². The Balaban J connectivity index is 1.49. The van der Waals surface area contributed by atoms with Gasteiger partial charge in [-0.05, 0) is 70.7 Å². The summed E-state index contributed by atoms with van der Waals surface area (Å²) in [6.07, 6.45) is 9.01. The molecule has 1 aliphatic carbocycles. The minimum Gasteiger partial charge on any atom is -0.444 e. The average molecular weight is 746 g/mol. The first-order valence-electron chi connectivity index (χ1n) is 18.0. The Morgan fingerprint density at radius 1 is 0.725 bits per heavy atom. The highest BCUT2D eigenvalue weighted by molar-refractivity contribution is 7.89. The number of hydrogen-bond acceptors (Lipinski definition) is 10. The second-order valence-electron chi connectivity index (χ2n) is 14.3. The summed E-state index contributed by atoms with van der Waals surface area (Å²) in [5, 5.41) is 21.2. The lowest BCUT2D eigenvalue weighted by Crippen LogP contribution is -2.34. The smallest absolute Gasteiger partial charge is 0.407 e. The third-order valence-electron chi connectivity index (χ3n) is 9.24. The zero-order chi connectivity index (χ0) is 36.6. The molecule has 0 saturated carbocycles. The number of nitrogens with zero attached hydrogens (tertiary/aromatic N) is 4. The Labute approximate surface area is 302 Å². The van der Waals surface area contributed by atoms with Gasteiger partial charge in [0, 0.05) is 61.4 Å². The SMILES string of the molecule is CC(C)(C)OC(=O)NCCCON=C1c2ccc(S(=O)(=O)N3CCCCCCC3)cc2C(=NO)c2cc(S(=O)(=O)N3CCCCCCC3)ccc21. The molecule has 0 bridgehead atoms. The Bertz CT molecular complexity index is 1710. The molecule has 0 unspecified atom stereocenters. The summed E-state index contributed by atoms with van der Waals surface area (Å²) >= 11 is 0. The van der Waals surface area contributed by atoms with Crippen LogP contribution >= 0.6 is 0 Å². The first-order chi connectivity index (χ1) is 24.3. The molecule has 2 heterocycles. The second kappa shape index (κ2) is 16.9. The zero-order valence-corrected chi connectivity index (χ0v) is 31.5. The Kier molecular flexibility index (Phi) is 12.8. The predicted molar refractivity (Wildman–Crippen MR) is 194 cm³/mol. The van der Waals surface area contributed by atoms with Gasteiger partial charge < -0.3 is 20.1 Å². The fourth-order valence-electron chi connectivity index (χ4n) is 6.64. The van der Waals surface area contributed by atoms with Gasteiger partial charge in [0.05, 0.1) is 9.79 Å². The highest BCUT2D eigenvalue weighted by atomic mass is 32.2. The number of amides is 1. The number of ether oxygens (including phenoxy) is 1. The number of benzene rings is 2. The van der Waals surface area contributed by atoms with Crippen molar-refractivity contribution in [1.29, 1.82) is 0 Å². The van der Waals surface area contributed by atoms with Crippen LogP contribution in [0.3, 0.4) is 0 Å². The number of fused-ring (bicyclic) bond motifs is 2. The van der Waals surface area contributed by atoms with Gasteiger partial charge in [0.25, 0.3) is 0 Å². The van der Waals surface area contributed by atoms with Crippen molar-refractivity contribution in [2.45, 2.75) is 107 Å². The molecule has 2 fully saturated rings. The van der Waals surface area contributed by atoms with Crippen LogP contribution in [0.1, 0.15) is 114 Å². The molecule has 2 N–H and O–H groups in total. The lowest BCUT2D eigenvalue weighted by atomic mass is 9.83. The van der Waals surface area contributed by atoms with E-state index in [9.17, 15) is 26.8 Å². The van der Waals surface area contributed by atoms with Crippen LogP contribution in [0, 0.1) is 0 Å². The van der Waals surface area contributed by atoms with E-state index in [2.05, 4.69) is 15.6 Å². The molecule has 1 amide bonds. The van der Waals surface area contributed by atoms with E-state index in [1.54, 1.807) is 32.9 Å². The van der Waals surface area contributed by atoms with Crippen LogP contribution in [0.15, 0.2) is 56.5 Å². The molecular formula is C36H51N5O8S2. The van der Waals surface area contributed by atoms with E-state index < -0.39 is 31.7 Å². The molecule has 3 aliphatic rings. The van der Waals surface area contributed by atoms with E-state index in [0.717, 1.165) is 64.2 Å². The molecular weight excluding hydrogens is 695 g/mol. The van der Waals surface area contributed by atoms with Crippen LogP contribution in [-0.2, 0) is 29.6 Å². The van der Waals surface area contributed by atoms with Crippen LogP contribution in [0.25, 0.3) is 0 Å². The van der Waals surface area contributed by atoms with Gasteiger partial charge in [-0.15, -0.1) is 0 Å². The van der Waals surface area contributed by atoms with Crippen molar-refractivity contribution >= 4 is 37.6 Å². The van der Waals surface area contributed by atoms with E-state index >= 15 is 0 Å². The molecule has 51 heavy (non-hydrogen) atoms.